The number of hydrogen-bond donors (Lipinski definition) is 0. The van der Waals surface area contributed by atoms with Gasteiger partial charge in [-0.25, -0.2) is 8.78 Å². The summed E-state index contributed by atoms with van der Waals surface area (Å²) in [6, 6.07) is 13.6. The topological polar surface area (TPSA) is 38.1 Å². The lowest BCUT2D eigenvalue weighted by molar-refractivity contribution is -0.127. The first-order valence-electron chi connectivity index (χ1n) is 8.38. The summed E-state index contributed by atoms with van der Waals surface area (Å²) >= 11 is 1.18. The molecule has 0 N–H and O–H groups in total. The Morgan fingerprint density at radius 3 is 2.63 bits per heavy atom. The van der Waals surface area contributed by atoms with Gasteiger partial charge in [0, 0.05) is 30.2 Å². The van der Waals surface area contributed by atoms with Crippen molar-refractivity contribution in [1.82, 2.24) is 14.7 Å². The van der Waals surface area contributed by atoms with Gasteiger partial charge in [0.05, 0.1) is 18.5 Å². The van der Waals surface area contributed by atoms with Gasteiger partial charge in [-0.2, -0.15) is 5.10 Å². The van der Waals surface area contributed by atoms with Gasteiger partial charge in [-0.05, 0) is 23.8 Å². The number of hydrogen-bond acceptors (Lipinski definition) is 3. The monoisotopic (exact) mass is 387 g/mol. The number of thioether (sulfide) groups is 1. The van der Waals surface area contributed by atoms with Crippen LogP contribution in [-0.2, 0) is 17.9 Å². The molecule has 0 radical (unpaired) electrons. The summed E-state index contributed by atoms with van der Waals surface area (Å²) in [4.78, 5) is 14.4. The van der Waals surface area contributed by atoms with Crippen LogP contribution >= 0.6 is 11.8 Å². The van der Waals surface area contributed by atoms with Crippen LogP contribution in [0.15, 0.2) is 65.8 Å². The third kappa shape index (κ3) is 5.40. The van der Waals surface area contributed by atoms with Gasteiger partial charge < -0.3 is 4.90 Å². The van der Waals surface area contributed by atoms with E-state index in [1.165, 1.54) is 17.8 Å². The highest BCUT2D eigenvalue weighted by Gasteiger charge is 2.12. The first kappa shape index (κ1) is 19.1. The van der Waals surface area contributed by atoms with E-state index in [0.717, 1.165) is 23.3 Å². The fraction of sp³-hybridized carbons (Fsp3) is 0.200. The van der Waals surface area contributed by atoms with Crippen LogP contribution in [0.4, 0.5) is 8.78 Å². The lowest BCUT2D eigenvalue weighted by Gasteiger charge is -2.16. The fourth-order valence-corrected chi connectivity index (χ4v) is 3.39. The summed E-state index contributed by atoms with van der Waals surface area (Å²) in [6.07, 6.45) is 3.66. The van der Waals surface area contributed by atoms with Gasteiger partial charge in [0.25, 0.3) is 0 Å². The lowest BCUT2D eigenvalue weighted by atomic mass is 10.2. The Hall–Kier alpha value is -2.67. The number of benzene rings is 2. The minimum absolute atomic E-state index is 0.0967. The second-order valence-corrected chi connectivity index (χ2v) is 7.19. The quantitative estimate of drug-likeness (QED) is 0.576. The van der Waals surface area contributed by atoms with E-state index in [0.29, 0.717) is 18.0 Å². The second-order valence-electron chi connectivity index (χ2n) is 6.15. The summed E-state index contributed by atoms with van der Waals surface area (Å²) in [7, 11) is 1.71. The highest BCUT2D eigenvalue weighted by atomic mass is 32.2. The first-order chi connectivity index (χ1) is 13.0. The van der Waals surface area contributed by atoms with Crippen LogP contribution in [0.2, 0.25) is 0 Å². The molecule has 0 bridgehead atoms. The summed E-state index contributed by atoms with van der Waals surface area (Å²) in [6.45, 7) is 1.11. The molecule has 4 nitrogen and oxygen atoms in total. The molecule has 0 aliphatic carbocycles. The zero-order chi connectivity index (χ0) is 19.2. The van der Waals surface area contributed by atoms with Gasteiger partial charge >= 0.3 is 0 Å². The maximum Gasteiger partial charge on any atom is 0.232 e. The van der Waals surface area contributed by atoms with Crippen LogP contribution in [0, 0.1) is 11.6 Å². The average Bonchev–Trinajstić information content (AvgIpc) is 3.10. The first-order valence-corrected chi connectivity index (χ1v) is 9.37. The molecule has 0 spiro atoms. The summed E-state index contributed by atoms with van der Waals surface area (Å²) < 4.78 is 28.0. The minimum Gasteiger partial charge on any atom is -0.341 e. The molecule has 3 aromatic rings. The van der Waals surface area contributed by atoms with E-state index in [-0.39, 0.29) is 11.7 Å². The van der Waals surface area contributed by atoms with Gasteiger partial charge in [0.15, 0.2) is 11.6 Å². The smallest absolute Gasteiger partial charge is 0.232 e. The van der Waals surface area contributed by atoms with Crippen LogP contribution < -0.4 is 0 Å². The molecular formula is C20H19F2N3OS. The molecule has 0 saturated heterocycles. The van der Waals surface area contributed by atoms with E-state index in [1.54, 1.807) is 18.1 Å². The molecule has 0 aliphatic rings. The van der Waals surface area contributed by atoms with Crippen molar-refractivity contribution in [3.05, 3.63) is 83.7 Å². The van der Waals surface area contributed by atoms with Crippen molar-refractivity contribution in [2.24, 2.45) is 0 Å². The molecule has 0 atom stereocenters. The molecule has 3 rings (SSSR count). The van der Waals surface area contributed by atoms with Crippen molar-refractivity contribution in [3.8, 4) is 0 Å². The van der Waals surface area contributed by atoms with Crippen LogP contribution in [0.3, 0.4) is 0 Å². The van der Waals surface area contributed by atoms with Gasteiger partial charge in [-0.3, -0.25) is 9.48 Å². The van der Waals surface area contributed by atoms with Crippen molar-refractivity contribution in [2.75, 3.05) is 12.8 Å². The number of rotatable bonds is 7. The van der Waals surface area contributed by atoms with Gasteiger partial charge in [-0.1, -0.05) is 30.3 Å². The number of amides is 1. The average molecular weight is 387 g/mol. The van der Waals surface area contributed by atoms with E-state index < -0.39 is 11.6 Å². The van der Waals surface area contributed by atoms with Crippen molar-refractivity contribution >= 4 is 17.7 Å². The van der Waals surface area contributed by atoms with Gasteiger partial charge in [0.2, 0.25) is 5.91 Å². The molecule has 0 fully saturated rings. The van der Waals surface area contributed by atoms with Gasteiger partial charge in [-0.15, -0.1) is 11.8 Å². The van der Waals surface area contributed by atoms with E-state index >= 15 is 0 Å². The van der Waals surface area contributed by atoms with Crippen molar-refractivity contribution in [1.29, 1.82) is 0 Å². The Bertz CT molecular complexity index is 915. The molecule has 140 valence electrons. The van der Waals surface area contributed by atoms with E-state index in [9.17, 15) is 13.6 Å². The van der Waals surface area contributed by atoms with Crippen LogP contribution in [0.1, 0.15) is 11.1 Å². The Balaban J connectivity index is 1.51. The molecule has 0 unspecified atom stereocenters. The number of carbonyl (C=O) groups excluding carboxylic acids is 1. The third-order valence-electron chi connectivity index (χ3n) is 3.97. The van der Waals surface area contributed by atoms with Crippen LogP contribution in [-0.4, -0.2) is 33.4 Å². The lowest BCUT2D eigenvalue weighted by Crippen LogP contribution is -2.27. The van der Waals surface area contributed by atoms with Crippen LogP contribution in [0.5, 0.6) is 0 Å². The normalized spacial score (nSPS) is 10.8. The summed E-state index contributed by atoms with van der Waals surface area (Å²) in [5.41, 5.74) is 2.08. The maximum atomic E-state index is 13.2. The van der Waals surface area contributed by atoms with Crippen molar-refractivity contribution < 1.29 is 13.6 Å². The summed E-state index contributed by atoms with van der Waals surface area (Å²) in [5.74, 6) is -1.75. The Morgan fingerprint density at radius 2 is 1.89 bits per heavy atom. The SMILES string of the molecule is CN(Cc1cnn(Cc2ccccc2)c1)C(=O)CSc1ccc(F)c(F)c1. The molecule has 1 amide bonds. The van der Waals surface area contributed by atoms with Gasteiger partial charge in [0.1, 0.15) is 0 Å². The number of halogens is 2. The molecule has 0 aliphatic heterocycles. The minimum atomic E-state index is -0.911. The number of carbonyl (C=O) groups is 1. The number of nitrogens with zero attached hydrogens (tertiary/aromatic N) is 3. The summed E-state index contributed by atoms with van der Waals surface area (Å²) in [5, 5.41) is 4.33. The Kier molecular flexibility index (Phi) is 6.24. The van der Waals surface area contributed by atoms with Crippen molar-refractivity contribution in [3.63, 3.8) is 0 Å². The van der Waals surface area contributed by atoms with E-state index in [2.05, 4.69) is 5.10 Å². The van der Waals surface area contributed by atoms with Crippen LogP contribution in [0.25, 0.3) is 0 Å². The Labute approximate surface area is 160 Å². The third-order valence-corrected chi connectivity index (χ3v) is 4.95. The molecule has 7 heteroatoms. The van der Waals surface area contributed by atoms with E-state index in [4.69, 9.17) is 0 Å². The highest BCUT2D eigenvalue weighted by Crippen LogP contribution is 2.21. The molecular weight excluding hydrogens is 368 g/mol. The standard InChI is InChI=1S/C20H19F2N3OS/c1-24(20(26)14-27-17-7-8-18(21)19(22)9-17)11-16-10-23-25(13-16)12-15-5-3-2-4-6-15/h2-10,13H,11-12,14H2,1H3. The highest BCUT2D eigenvalue weighted by molar-refractivity contribution is 8.00. The molecule has 2 aromatic carbocycles. The maximum absolute atomic E-state index is 13.2. The Morgan fingerprint density at radius 1 is 1.11 bits per heavy atom. The second kappa shape index (κ2) is 8.81. The molecule has 1 aromatic heterocycles. The zero-order valence-corrected chi connectivity index (χ0v) is 15.6. The van der Waals surface area contributed by atoms with E-state index in [1.807, 2.05) is 41.2 Å². The molecule has 0 saturated carbocycles. The number of aromatic nitrogens is 2. The molecule has 1 heterocycles. The largest absolute Gasteiger partial charge is 0.341 e. The molecule has 27 heavy (non-hydrogen) atoms. The fourth-order valence-electron chi connectivity index (χ4n) is 2.53. The predicted molar refractivity (Wildman–Crippen MR) is 101 cm³/mol. The van der Waals surface area contributed by atoms with Crippen molar-refractivity contribution in [2.45, 2.75) is 18.0 Å². The zero-order valence-electron chi connectivity index (χ0n) is 14.8. The predicted octanol–water partition coefficient (Wildman–Crippen LogP) is 3.96.